The fourth-order valence-electron chi connectivity index (χ4n) is 5.29. The molecule has 4 rings (SSSR count). The number of hydroxylamine groups is 2. The number of amides is 1. The molecule has 1 amide bonds. The van der Waals surface area contributed by atoms with Crippen molar-refractivity contribution < 1.29 is 39.2 Å². The largest absolute Gasteiger partial charge is 0.494 e. The van der Waals surface area contributed by atoms with E-state index in [9.17, 15) is 24.9 Å². The summed E-state index contributed by atoms with van der Waals surface area (Å²) in [6, 6.07) is 7.66. The summed E-state index contributed by atoms with van der Waals surface area (Å²) in [5.41, 5.74) is 0.790. The quantitative estimate of drug-likeness (QED) is 0.333. The summed E-state index contributed by atoms with van der Waals surface area (Å²) in [7, 11) is 0. The molecule has 1 aromatic carbocycles. The lowest BCUT2D eigenvalue weighted by Crippen LogP contribution is -2.44. The molecule has 2 aliphatic rings. The van der Waals surface area contributed by atoms with Gasteiger partial charge in [-0.2, -0.15) is 0 Å². The zero-order valence-electron chi connectivity index (χ0n) is 21.9. The van der Waals surface area contributed by atoms with Gasteiger partial charge in [0.05, 0.1) is 19.1 Å². The Hall–Kier alpha value is -3.44. The molecular formula is C27H37N3O8. The Bertz CT molecular complexity index is 1090. The van der Waals surface area contributed by atoms with Crippen LogP contribution in [-0.2, 0) is 21.0 Å². The van der Waals surface area contributed by atoms with Gasteiger partial charge in [0.2, 0.25) is 6.79 Å². The van der Waals surface area contributed by atoms with Crippen molar-refractivity contribution in [2.75, 3.05) is 33.0 Å². The SMILES string of the molecule is CCCCN(OCCC)C(=O)CN1C[C@H](c2ccc3c(c2)OCO3)[C@H](C(=O)O)[C@H]1CCn1c(O)ccc1O. The van der Waals surface area contributed by atoms with Crippen molar-refractivity contribution in [3.8, 4) is 23.3 Å². The van der Waals surface area contributed by atoms with E-state index in [0.29, 0.717) is 37.6 Å². The van der Waals surface area contributed by atoms with Gasteiger partial charge in [-0.1, -0.05) is 26.3 Å². The van der Waals surface area contributed by atoms with Crippen LogP contribution >= 0.6 is 0 Å². The number of likely N-dealkylation sites (tertiary alicyclic amines) is 1. The van der Waals surface area contributed by atoms with Crippen LogP contribution in [0.5, 0.6) is 23.3 Å². The van der Waals surface area contributed by atoms with Gasteiger partial charge in [0.25, 0.3) is 5.91 Å². The van der Waals surface area contributed by atoms with Crippen LogP contribution in [0.1, 0.15) is 51.0 Å². The average molecular weight is 532 g/mol. The smallest absolute Gasteiger partial charge is 0.308 e. The maximum absolute atomic E-state index is 13.4. The Morgan fingerprint density at radius 3 is 2.50 bits per heavy atom. The third-order valence-electron chi connectivity index (χ3n) is 7.22. The fourth-order valence-corrected chi connectivity index (χ4v) is 5.29. The van der Waals surface area contributed by atoms with Gasteiger partial charge in [-0.05, 0) is 37.0 Å². The molecule has 11 heteroatoms. The van der Waals surface area contributed by atoms with E-state index in [4.69, 9.17) is 14.3 Å². The molecule has 11 nitrogen and oxygen atoms in total. The number of aromatic nitrogens is 1. The Morgan fingerprint density at radius 2 is 1.82 bits per heavy atom. The number of unbranched alkanes of at least 4 members (excludes halogenated alkanes) is 1. The fraction of sp³-hybridized carbons (Fsp3) is 0.556. The normalized spacial score (nSPS) is 20.6. The number of carboxylic acids is 1. The summed E-state index contributed by atoms with van der Waals surface area (Å²) in [5, 5.41) is 32.0. The molecule has 1 saturated heterocycles. The van der Waals surface area contributed by atoms with E-state index < -0.39 is 23.8 Å². The van der Waals surface area contributed by atoms with Crippen LogP contribution in [-0.4, -0.2) is 80.8 Å². The summed E-state index contributed by atoms with van der Waals surface area (Å²) in [4.78, 5) is 33.6. The number of carbonyl (C=O) groups excluding carboxylic acids is 1. The number of aliphatic carboxylic acids is 1. The van der Waals surface area contributed by atoms with E-state index in [1.165, 1.54) is 21.8 Å². The van der Waals surface area contributed by atoms with E-state index in [2.05, 4.69) is 0 Å². The van der Waals surface area contributed by atoms with Crippen molar-refractivity contribution in [2.24, 2.45) is 5.92 Å². The first-order valence-corrected chi connectivity index (χ1v) is 13.2. The number of benzene rings is 1. The maximum atomic E-state index is 13.4. The van der Waals surface area contributed by atoms with E-state index in [-0.39, 0.29) is 37.5 Å². The molecule has 1 aromatic heterocycles. The van der Waals surface area contributed by atoms with Gasteiger partial charge < -0.3 is 24.8 Å². The molecule has 0 radical (unpaired) electrons. The van der Waals surface area contributed by atoms with Gasteiger partial charge in [-0.3, -0.25) is 23.9 Å². The molecule has 3 heterocycles. The van der Waals surface area contributed by atoms with Crippen molar-refractivity contribution in [1.82, 2.24) is 14.5 Å². The van der Waals surface area contributed by atoms with E-state index in [0.717, 1.165) is 24.8 Å². The van der Waals surface area contributed by atoms with E-state index >= 15 is 0 Å². The van der Waals surface area contributed by atoms with Crippen LogP contribution in [0.3, 0.4) is 0 Å². The number of carboxylic acid groups (broad SMARTS) is 1. The molecule has 2 aliphatic heterocycles. The highest BCUT2D eigenvalue weighted by Gasteiger charge is 2.47. The molecule has 208 valence electrons. The van der Waals surface area contributed by atoms with Crippen molar-refractivity contribution in [3.63, 3.8) is 0 Å². The molecule has 38 heavy (non-hydrogen) atoms. The highest BCUT2D eigenvalue weighted by Crippen LogP contribution is 2.43. The Labute approximate surface area is 222 Å². The Balaban J connectivity index is 1.61. The van der Waals surface area contributed by atoms with Crippen LogP contribution in [0, 0.1) is 5.92 Å². The molecule has 3 N–H and O–H groups in total. The second-order valence-corrected chi connectivity index (χ2v) is 9.75. The molecule has 0 bridgehead atoms. The van der Waals surface area contributed by atoms with Crippen LogP contribution < -0.4 is 9.47 Å². The molecular weight excluding hydrogens is 494 g/mol. The predicted octanol–water partition coefficient (Wildman–Crippen LogP) is 3.16. The summed E-state index contributed by atoms with van der Waals surface area (Å²) < 4.78 is 12.3. The number of fused-ring (bicyclic) bond motifs is 1. The third-order valence-corrected chi connectivity index (χ3v) is 7.22. The standard InChI is InChI=1S/C27H37N3O8/c1-3-5-11-30(38-13-4-2)25(33)16-28-15-19(18-6-7-21-22(14-18)37-17-36-21)26(27(34)35)20(28)10-12-29-23(31)8-9-24(29)32/h6-9,14,19-20,26,31-32H,3-5,10-13,15-17H2,1-2H3,(H,34,35)/t19-,20-,26+/m1/s1. The lowest BCUT2D eigenvalue weighted by Gasteiger charge is -2.29. The van der Waals surface area contributed by atoms with E-state index in [1.54, 1.807) is 6.07 Å². The molecule has 0 unspecified atom stereocenters. The second-order valence-electron chi connectivity index (χ2n) is 9.75. The lowest BCUT2D eigenvalue weighted by molar-refractivity contribution is -0.188. The highest BCUT2D eigenvalue weighted by molar-refractivity contribution is 5.78. The van der Waals surface area contributed by atoms with Crippen molar-refractivity contribution in [3.05, 3.63) is 35.9 Å². The predicted molar refractivity (Wildman–Crippen MR) is 137 cm³/mol. The molecule has 2 aromatic rings. The molecule has 0 spiro atoms. The topological polar surface area (TPSA) is 134 Å². The van der Waals surface area contributed by atoms with Gasteiger partial charge in [0.15, 0.2) is 23.3 Å². The first kappa shape index (κ1) is 27.6. The van der Waals surface area contributed by atoms with Crippen LogP contribution in [0.4, 0.5) is 0 Å². The molecule has 3 atom stereocenters. The Morgan fingerprint density at radius 1 is 1.08 bits per heavy atom. The second kappa shape index (κ2) is 12.4. The van der Waals surface area contributed by atoms with Crippen LogP contribution in [0.15, 0.2) is 30.3 Å². The van der Waals surface area contributed by atoms with Crippen LogP contribution in [0.25, 0.3) is 0 Å². The molecule has 0 saturated carbocycles. The zero-order chi connectivity index (χ0) is 27.2. The number of hydrogen-bond acceptors (Lipinski definition) is 8. The number of carbonyl (C=O) groups is 2. The van der Waals surface area contributed by atoms with E-state index in [1.807, 2.05) is 30.9 Å². The highest BCUT2D eigenvalue weighted by atomic mass is 16.7. The Kier molecular flexibility index (Phi) is 9.01. The number of hydrogen-bond donors (Lipinski definition) is 3. The minimum absolute atomic E-state index is 0.00737. The third kappa shape index (κ3) is 5.99. The summed E-state index contributed by atoms with van der Waals surface area (Å²) in [5.74, 6) is -1.48. The summed E-state index contributed by atoms with van der Waals surface area (Å²) in [6.45, 7) is 5.53. The average Bonchev–Trinajstić information content (AvgIpc) is 3.59. The van der Waals surface area contributed by atoms with Gasteiger partial charge in [0.1, 0.15) is 0 Å². The number of ether oxygens (including phenoxy) is 2. The monoisotopic (exact) mass is 531 g/mol. The van der Waals surface area contributed by atoms with Crippen molar-refractivity contribution in [2.45, 2.75) is 58.0 Å². The minimum atomic E-state index is -0.973. The van der Waals surface area contributed by atoms with Crippen molar-refractivity contribution >= 4 is 11.9 Å². The van der Waals surface area contributed by atoms with Gasteiger partial charge in [0, 0.05) is 43.7 Å². The van der Waals surface area contributed by atoms with Gasteiger partial charge in [-0.25, -0.2) is 5.06 Å². The van der Waals surface area contributed by atoms with Gasteiger partial charge >= 0.3 is 5.97 Å². The lowest BCUT2D eigenvalue weighted by atomic mass is 9.84. The maximum Gasteiger partial charge on any atom is 0.308 e. The van der Waals surface area contributed by atoms with Gasteiger partial charge in [-0.15, -0.1) is 0 Å². The number of aromatic hydroxyl groups is 2. The summed E-state index contributed by atoms with van der Waals surface area (Å²) in [6.07, 6.45) is 2.76. The number of rotatable bonds is 13. The van der Waals surface area contributed by atoms with Crippen molar-refractivity contribution in [1.29, 1.82) is 0 Å². The van der Waals surface area contributed by atoms with Crippen LogP contribution in [0.2, 0.25) is 0 Å². The molecule has 1 fully saturated rings. The minimum Gasteiger partial charge on any atom is -0.494 e. The number of nitrogens with zero attached hydrogens (tertiary/aromatic N) is 3. The first-order chi connectivity index (χ1) is 18.3. The molecule has 0 aliphatic carbocycles. The summed E-state index contributed by atoms with van der Waals surface area (Å²) >= 11 is 0. The first-order valence-electron chi connectivity index (χ1n) is 13.2. The zero-order valence-corrected chi connectivity index (χ0v) is 21.9.